The molecule has 0 radical (unpaired) electrons. The van der Waals surface area contributed by atoms with Gasteiger partial charge in [-0.25, -0.2) is 13.6 Å². The highest BCUT2D eigenvalue weighted by Crippen LogP contribution is 2.47. The summed E-state index contributed by atoms with van der Waals surface area (Å²) in [4.78, 5) is 26.7. The molecule has 2 aromatic rings. The van der Waals surface area contributed by atoms with E-state index in [1.807, 2.05) is 0 Å². The molecule has 0 saturated carbocycles. The summed E-state index contributed by atoms with van der Waals surface area (Å²) < 4.78 is 39.2. The maximum Gasteiger partial charge on any atom is 0.414 e. The van der Waals surface area contributed by atoms with Gasteiger partial charge in [-0.3, -0.25) is 9.69 Å². The van der Waals surface area contributed by atoms with E-state index < -0.39 is 30.4 Å². The fourth-order valence-corrected chi connectivity index (χ4v) is 3.60. The van der Waals surface area contributed by atoms with Crippen molar-refractivity contribution < 1.29 is 27.6 Å². The summed E-state index contributed by atoms with van der Waals surface area (Å²) >= 11 is 0. The molecule has 1 unspecified atom stereocenters. The highest BCUT2D eigenvalue weighted by molar-refractivity contribution is 5.99. The Kier molecular flexibility index (Phi) is 4.20. The van der Waals surface area contributed by atoms with E-state index in [9.17, 15) is 18.4 Å². The molecule has 4 rings (SSSR count). The fourth-order valence-electron chi connectivity index (χ4n) is 3.60. The van der Waals surface area contributed by atoms with Gasteiger partial charge in [0, 0.05) is 13.1 Å². The number of carbonyl (C=O) groups excluding carboxylic acids is 2. The highest BCUT2D eigenvalue weighted by Gasteiger charge is 2.46. The number of aromatic nitrogens is 1. The number of anilines is 3. The second-order valence-corrected chi connectivity index (χ2v) is 6.82. The van der Waals surface area contributed by atoms with Crippen LogP contribution in [0.5, 0.6) is 0 Å². The minimum absolute atomic E-state index is 0.152. The largest absolute Gasteiger partial charge is 0.442 e. The van der Waals surface area contributed by atoms with Gasteiger partial charge < -0.3 is 19.5 Å². The first-order valence-electron chi connectivity index (χ1n) is 8.69. The quantitative estimate of drug-likeness (QED) is 0.861. The number of nitrogens with zero attached hydrogens (tertiary/aromatic N) is 3. The molecular weight excluding hydrogens is 374 g/mol. The van der Waals surface area contributed by atoms with Gasteiger partial charge in [0.05, 0.1) is 36.4 Å². The second-order valence-electron chi connectivity index (χ2n) is 6.82. The predicted octanol–water partition coefficient (Wildman–Crippen LogP) is 2.88. The fraction of sp³-hybridized carbons (Fsp3) is 0.389. The lowest BCUT2D eigenvalue weighted by Crippen LogP contribution is -2.39. The third-order valence-electron chi connectivity index (χ3n) is 5.00. The van der Waals surface area contributed by atoms with Crippen molar-refractivity contribution >= 4 is 29.2 Å². The Morgan fingerprint density at radius 2 is 2.04 bits per heavy atom. The van der Waals surface area contributed by atoms with Crippen LogP contribution in [0.2, 0.25) is 0 Å². The number of fused-ring (bicyclic) bond motifs is 1. The highest BCUT2D eigenvalue weighted by atomic mass is 19.3. The average molecular weight is 392 g/mol. The number of amides is 2. The number of hydrogen-bond donors (Lipinski definition) is 1. The summed E-state index contributed by atoms with van der Waals surface area (Å²) in [7, 11) is 1.46. The molecule has 2 amide bonds. The molecule has 10 heteroatoms. The average Bonchev–Trinajstić information content (AvgIpc) is 3.27. The summed E-state index contributed by atoms with van der Waals surface area (Å²) in [6.45, 7) is 2.02. The Morgan fingerprint density at radius 1 is 1.29 bits per heavy atom. The van der Waals surface area contributed by atoms with Crippen molar-refractivity contribution in [2.45, 2.75) is 25.4 Å². The van der Waals surface area contributed by atoms with Crippen molar-refractivity contribution in [3.05, 3.63) is 35.6 Å². The van der Waals surface area contributed by atoms with E-state index in [-0.39, 0.29) is 23.4 Å². The van der Waals surface area contributed by atoms with E-state index in [4.69, 9.17) is 9.26 Å². The molecule has 2 aliphatic rings. The minimum Gasteiger partial charge on any atom is -0.442 e. The molecule has 148 valence electrons. The lowest BCUT2D eigenvalue weighted by molar-refractivity contribution is -0.127. The number of halogens is 2. The smallest absolute Gasteiger partial charge is 0.414 e. The van der Waals surface area contributed by atoms with E-state index in [2.05, 4.69) is 10.5 Å². The van der Waals surface area contributed by atoms with Crippen LogP contribution in [0.3, 0.4) is 0 Å². The van der Waals surface area contributed by atoms with E-state index in [0.717, 1.165) is 0 Å². The summed E-state index contributed by atoms with van der Waals surface area (Å²) in [6.07, 6.45) is -0.577. The third kappa shape index (κ3) is 2.94. The van der Waals surface area contributed by atoms with Gasteiger partial charge in [-0.1, -0.05) is 5.16 Å². The van der Waals surface area contributed by atoms with Crippen molar-refractivity contribution in [2.24, 2.45) is 0 Å². The maximum absolute atomic E-state index is 14.6. The maximum atomic E-state index is 14.6. The first-order valence-corrected chi connectivity index (χ1v) is 8.69. The summed E-state index contributed by atoms with van der Waals surface area (Å²) in [5, 5.41) is 6.68. The number of carbonyl (C=O) groups is 2. The Balaban J connectivity index is 1.60. The van der Waals surface area contributed by atoms with Crippen LogP contribution in [0.4, 0.5) is 30.8 Å². The number of rotatable bonds is 4. The van der Waals surface area contributed by atoms with Gasteiger partial charge in [-0.15, -0.1) is 0 Å². The van der Waals surface area contributed by atoms with Crippen molar-refractivity contribution in [3.8, 4) is 0 Å². The first kappa shape index (κ1) is 18.2. The predicted molar refractivity (Wildman–Crippen MR) is 95.7 cm³/mol. The van der Waals surface area contributed by atoms with Gasteiger partial charge in [0.1, 0.15) is 12.4 Å². The van der Waals surface area contributed by atoms with Gasteiger partial charge >= 0.3 is 6.09 Å². The van der Waals surface area contributed by atoms with Crippen LogP contribution in [0, 0.1) is 6.92 Å². The molecule has 1 aromatic carbocycles. The van der Waals surface area contributed by atoms with Gasteiger partial charge in [0.2, 0.25) is 5.91 Å². The summed E-state index contributed by atoms with van der Waals surface area (Å²) in [5.74, 6) is -3.44. The Labute approximate surface area is 159 Å². The van der Waals surface area contributed by atoms with Crippen LogP contribution in [0.1, 0.15) is 17.5 Å². The molecule has 0 bridgehead atoms. The lowest BCUT2D eigenvalue weighted by Gasteiger charge is -2.34. The molecule has 1 N–H and O–H groups in total. The van der Waals surface area contributed by atoms with E-state index in [0.29, 0.717) is 18.1 Å². The molecule has 0 spiro atoms. The Hall–Kier alpha value is -3.17. The number of benzene rings is 1. The van der Waals surface area contributed by atoms with Gasteiger partial charge in [-0.2, -0.15) is 0 Å². The van der Waals surface area contributed by atoms with Crippen LogP contribution in [0.25, 0.3) is 0 Å². The topological polar surface area (TPSA) is 87.9 Å². The lowest BCUT2D eigenvalue weighted by atomic mass is 9.92. The molecule has 0 aliphatic carbocycles. The Morgan fingerprint density at radius 3 is 2.75 bits per heavy atom. The van der Waals surface area contributed by atoms with E-state index >= 15 is 0 Å². The standard InChI is InChI=1S/C18H18F2N4O4/c1-10-12(3-4-13-16(10)18(19,20)7-15(25)23(13)2)24-9-11(28-17(24)26)8-21-14-5-6-27-22-14/h3-6,11H,7-9H2,1-2H3,(H,21,22). The first-order chi connectivity index (χ1) is 13.3. The zero-order valence-electron chi connectivity index (χ0n) is 15.2. The van der Waals surface area contributed by atoms with Gasteiger partial charge in [0.25, 0.3) is 5.92 Å². The summed E-state index contributed by atoms with van der Waals surface area (Å²) in [5.41, 5.74) is 0.516. The van der Waals surface area contributed by atoms with Crippen molar-refractivity contribution in [1.82, 2.24) is 5.16 Å². The number of hydrogen-bond acceptors (Lipinski definition) is 6. The van der Waals surface area contributed by atoms with Gasteiger partial charge in [-0.05, 0) is 24.6 Å². The zero-order chi connectivity index (χ0) is 20.1. The van der Waals surface area contributed by atoms with Crippen LogP contribution >= 0.6 is 0 Å². The van der Waals surface area contributed by atoms with Crippen LogP contribution in [-0.2, 0) is 15.5 Å². The molecule has 28 heavy (non-hydrogen) atoms. The number of cyclic esters (lactones) is 1. The number of alkyl halides is 2. The molecule has 1 fully saturated rings. The normalized spacial score (nSPS) is 20.9. The zero-order valence-corrected chi connectivity index (χ0v) is 15.2. The molecule has 8 nitrogen and oxygen atoms in total. The molecule has 2 aliphatic heterocycles. The number of nitrogens with one attached hydrogen (secondary N) is 1. The second kappa shape index (κ2) is 6.47. The molecule has 3 heterocycles. The third-order valence-corrected chi connectivity index (χ3v) is 5.00. The Bertz CT molecular complexity index is 932. The summed E-state index contributed by atoms with van der Waals surface area (Å²) in [6, 6.07) is 4.63. The SMILES string of the molecule is Cc1c(N2CC(CNc3ccon3)OC2=O)ccc2c1C(F)(F)CC(=O)N2C. The van der Waals surface area contributed by atoms with Crippen LogP contribution < -0.4 is 15.1 Å². The monoisotopic (exact) mass is 392 g/mol. The van der Waals surface area contributed by atoms with Crippen LogP contribution in [0.15, 0.2) is 29.0 Å². The molecule has 1 atom stereocenters. The van der Waals surface area contributed by atoms with Crippen molar-refractivity contribution in [3.63, 3.8) is 0 Å². The minimum atomic E-state index is -3.30. The van der Waals surface area contributed by atoms with Crippen LogP contribution in [-0.4, -0.2) is 43.4 Å². The van der Waals surface area contributed by atoms with Crippen molar-refractivity contribution in [2.75, 3.05) is 35.3 Å². The van der Waals surface area contributed by atoms with E-state index in [1.54, 1.807) is 12.1 Å². The van der Waals surface area contributed by atoms with Gasteiger partial charge in [0.15, 0.2) is 5.82 Å². The van der Waals surface area contributed by atoms with E-state index in [1.165, 1.54) is 36.1 Å². The molecule has 1 saturated heterocycles. The molecular formula is C18H18F2N4O4. The number of ether oxygens (including phenoxy) is 1. The molecule has 1 aromatic heterocycles. The van der Waals surface area contributed by atoms with Crippen molar-refractivity contribution in [1.29, 1.82) is 0 Å².